The molecule has 0 spiro atoms. The lowest BCUT2D eigenvalue weighted by atomic mass is 10.1. The van der Waals surface area contributed by atoms with Gasteiger partial charge in [-0.3, -0.25) is 9.59 Å². The number of carbonyl (C=O) groups is 3. The first-order valence-electron chi connectivity index (χ1n) is 2.91. The highest BCUT2D eigenvalue weighted by atomic mass is 19.4. The minimum absolute atomic E-state index is 0.209. The van der Waals surface area contributed by atoms with E-state index in [9.17, 15) is 27.6 Å². The highest BCUT2D eigenvalue weighted by Crippen LogP contribution is 2.23. The van der Waals surface area contributed by atoms with Gasteiger partial charge in [0.25, 0.3) is 11.6 Å². The summed E-state index contributed by atoms with van der Waals surface area (Å²) in [5, 5.41) is 0. The minimum Gasteiger partial charge on any atom is -0.428 e. The van der Waals surface area contributed by atoms with Crippen LogP contribution in [0.3, 0.4) is 0 Å². The third-order valence-corrected chi connectivity index (χ3v) is 1.22. The van der Waals surface area contributed by atoms with Crippen LogP contribution in [-0.2, 0) is 19.1 Å². The Morgan fingerprint density at radius 3 is 2.15 bits per heavy atom. The normalized spacial score (nSPS) is 17.0. The Bertz CT molecular complexity index is 325. The van der Waals surface area contributed by atoms with Gasteiger partial charge in [0.15, 0.2) is 0 Å². The van der Waals surface area contributed by atoms with Crippen LogP contribution in [0.25, 0.3) is 0 Å². The fourth-order valence-corrected chi connectivity index (χ4v) is 0.639. The van der Waals surface area contributed by atoms with E-state index in [1.807, 2.05) is 0 Å². The van der Waals surface area contributed by atoms with E-state index in [1.165, 1.54) is 0 Å². The lowest BCUT2D eigenvalue weighted by Gasteiger charge is -2.01. The van der Waals surface area contributed by atoms with Crippen molar-refractivity contribution in [2.45, 2.75) is 6.18 Å². The Balaban J connectivity index is 2.94. The van der Waals surface area contributed by atoms with E-state index in [0.717, 1.165) is 0 Å². The highest BCUT2D eigenvalue weighted by molar-refractivity contribution is 6.49. The van der Waals surface area contributed by atoms with Gasteiger partial charge < -0.3 is 4.74 Å². The zero-order valence-corrected chi connectivity index (χ0v) is 5.84. The average Bonchev–Trinajstić information content (AvgIpc) is 2.30. The van der Waals surface area contributed by atoms with Gasteiger partial charge in [0.1, 0.15) is 11.8 Å². The van der Waals surface area contributed by atoms with Crippen molar-refractivity contribution in [3.05, 3.63) is 11.8 Å². The molecular formula is C6HF3O4. The zero-order chi connectivity index (χ0) is 10.2. The number of rotatable bonds is 1. The number of Topliss-reactive ketones (excluding diaryl/α,β-unsaturated/α-hetero) is 2. The summed E-state index contributed by atoms with van der Waals surface area (Å²) in [4.78, 5) is 31.2. The molecule has 0 saturated heterocycles. The van der Waals surface area contributed by atoms with E-state index < -0.39 is 29.3 Å². The van der Waals surface area contributed by atoms with Gasteiger partial charge in [-0.15, -0.1) is 0 Å². The van der Waals surface area contributed by atoms with Gasteiger partial charge >= 0.3 is 12.1 Å². The standard InChI is InChI=1S/C6HF3O4/c7-6(8,9)4(11)2-1-13-5(12)3(2)10/h1H. The first kappa shape index (κ1) is 9.43. The molecule has 0 aromatic heterocycles. The zero-order valence-electron chi connectivity index (χ0n) is 5.84. The van der Waals surface area contributed by atoms with E-state index in [2.05, 4.69) is 4.74 Å². The monoisotopic (exact) mass is 194 g/mol. The molecule has 70 valence electrons. The first-order valence-corrected chi connectivity index (χ1v) is 2.91. The van der Waals surface area contributed by atoms with Gasteiger partial charge in [0.2, 0.25) is 0 Å². The molecule has 1 rings (SSSR count). The molecule has 1 aliphatic rings. The second-order valence-corrected chi connectivity index (χ2v) is 2.09. The molecule has 0 radical (unpaired) electrons. The number of cyclic esters (lactones) is 1. The lowest BCUT2D eigenvalue weighted by molar-refractivity contribution is -0.167. The summed E-state index contributed by atoms with van der Waals surface area (Å²) in [6.07, 6.45) is -4.96. The summed E-state index contributed by atoms with van der Waals surface area (Å²) in [6, 6.07) is 0. The molecule has 0 aromatic rings. The third-order valence-electron chi connectivity index (χ3n) is 1.22. The van der Waals surface area contributed by atoms with E-state index in [-0.39, 0.29) is 6.26 Å². The SMILES string of the molecule is O=C1OC=C(C(=O)C(F)(F)F)C1=O. The van der Waals surface area contributed by atoms with Crippen molar-refractivity contribution >= 4 is 17.5 Å². The van der Waals surface area contributed by atoms with Crippen LogP contribution in [0.15, 0.2) is 11.8 Å². The fourth-order valence-electron chi connectivity index (χ4n) is 0.639. The molecule has 0 saturated carbocycles. The summed E-state index contributed by atoms with van der Waals surface area (Å²) < 4.78 is 38.9. The average molecular weight is 194 g/mol. The summed E-state index contributed by atoms with van der Waals surface area (Å²) in [7, 11) is 0. The third kappa shape index (κ3) is 1.58. The smallest absolute Gasteiger partial charge is 0.428 e. The Morgan fingerprint density at radius 2 is 1.85 bits per heavy atom. The van der Waals surface area contributed by atoms with Crippen molar-refractivity contribution in [3.63, 3.8) is 0 Å². The molecule has 13 heavy (non-hydrogen) atoms. The van der Waals surface area contributed by atoms with Gasteiger partial charge in [-0.25, -0.2) is 4.79 Å². The van der Waals surface area contributed by atoms with E-state index in [1.54, 1.807) is 0 Å². The summed E-state index contributed by atoms with van der Waals surface area (Å²) in [6.45, 7) is 0. The number of hydrogen-bond donors (Lipinski definition) is 0. The number of hydrogen-bond acceptors (Lipinski definition) is 4. The fraction of sp³-hybridized carbons (Fsp3) is 0.167. The number of halogens is 3. The second-order valence-electron chi connectivity index (χ2n) is 2.09. The maximum Gasteiger partial charge on any atom is 0.455 e. The maximum absolute atomic E-state index is 11.7. The first-order chi connectivity index (χ1) is 5.84. The molecule has 0 aliphatic carbocycles. The predicted octanol–water partition coefficient (Wildman–Crippen LogP) is 0.128. The lowest BCUT2D eigenvalue weighted by Crippen LogP contribution is -2.28. The van der Waals surface area contributed by atoms with Crippen LogP contribution in [0.2, 0.25) is 0 Å². The summed E-state index contributed by atoms with van der Waals surface area (Å²) >= 11 is 0. The predicted molar refractivity (Wildman–Crippen MR) is 30.2 cm³/mol. The molecule has 0 aromatic carbocycles. The van der Waals surface area contributed by atoms with Crippen LogP contribution in [0.4, 0.5) is 13.2 Å². The molecule has 0 fully saturated rings. The topological polar surface area (TPSA) is 60.4 Å². The van der Waals surface area contributed by atoms with Crippen LogP contribution < -0.4 is 0 Å². The number of ketones is 2. The Labute approximate surface area is 69.0 Å². The Hall–Kier alpha value is -1.66. The molecule has 1 aliphatic heterocycles. The number of ether oxygens (including phenoxy) is 1. The largest absolute Gasteiger partial charge is 0.455 e. The number of esters is 1. The second kappa shape index (κ2) is 2.68. The Morgan fingerprint density at radius 1 is 1.31 bits per heavy atom. The molecule has 1 heterocycles. The van der Waals surface area contributed by atoms with Crippen LogP contribution in [-0.4, -0.2) is 23.7 Å². The van der Waals surface area contributed by atoms with Gasteiger partial charge in [-0.2, -0.15) is 13.2 Å². The van der Waals surface area contributed by atoms with Crippen LogP contribution in [0, 0.1) is 0 Å². The van der Waals surface area contributed by atoms with E-state index in [4.69, 9.17) is 0 Å². The number of carbonyl (C=O) groups excluding carboxylic acids is 3. The quantitative estimate of drug-likeness (QED) is 0.338. The van der Waals surface area contributed by atoms with Gasteiger partial charge in [-0.1, -0.05) is 0 Å². The molecule has 7 heteroatoms. The molecular weight excluding hydrogens is 193 g/mol. The van der Waals surface area contributed by atoms with Gasteiger partial charge in [-0.05, 0) is 0 Å². The molecule has 0 atom stereocenters. The molecule has 0 N–H and O–H groups in total. The van der Waals surface area contributed by atoms with Crippen molar-refractivity contribution in [1.82, 2.24) is 0 Å². The van der Waals surface area contributed by atoms with Gasteiger partial charge in [0.05, 0.1) is 0 Å². The van der Waals surface area contributed by atoms with Crippen LogP contribution in [0.5, 0.6) is 0 Å². The highest BCUT2D eigenvalue weighted by Gasteiger charge is 2.46. The molecule has 0 unspecified atom stereocenters. The van der Waals surface area contributed by atoms with Crippen molar-refractivity contribution in [1.29, 1.82) is 0 Å². The van der Waals surface area contributed by atoms with E-state index >= 15 is 0 Å². The summed E-state index contributed by atoms with van der Waals surface area (Å²) in [5.41, 5.74) is -1.28. The molecule has 0 bridgehead atoms. The molecule has 0 amide bonds. The Kier molecular flexibility index (Phi) is 1.94. The minimum atomic E-state index is -5.17. The van der Waals surface area contributed by atoms with Crippen LogP contribution >= 0.6 is 0 Å². The van der Waals surface area contributed by atoms with Crippen molar-refractivity contribution in [2.75, 3.05) is 0 Å². The molecule has 4 nitrogen and oxygen atoms in total. The van der Waals surface area contributed by atoms with Gasteiger partial charge in [0, 0.05) is 0 Å². The summed E-state index contributed by atoms with van der Waals surface area (Å²) in [5.74, 6) is -5.42. The number of alkyl halides is 3. The van der Waals surface area contributed by atoms with Crippen molar-refractivity contribution in [2.24, 2.45) is 0 Å². The van der Waals surface area contributed by atoms with E-state index in [0.29, 0.717) is 0 Å². The van der Waals surface area contributed by atoms with Crippen molar-refractivity contribution in [3.8, 4) is 0 Å². The van der Waals surface area contributed by atoms with Crippen LogP contribution in [0.1, 0.15) is 0 Å². The maximum atomic E-state index is 11.7. The van der Waals surface area contributed by atoms with Crippen molar-refractivity contribution < 1.29 is 32.3 Å².